The van der Waals surface area contributed by atoms with Gasteiger partial charge in [0.25, 0.3) is 5.91 Å². The number of hydrazine groups is 1. The number of phenols is 1. The number of halogens is 3. The maximum atomic E-state index is 12.1. The summed E-state index contributed by atoms with van der Waals surface area (Å²) in [5.74, 6) is -0.961. The summed E-state index contributed by atoms with van der Waals surface area (Å²) in [6.45, 7) is 0. The van der Waals surface area contributed by atoms with Crippen LogP contribution in [-0.2, 0) is 0 Å². The van der Waals surface area contributed by atoms with E-state index in [1.54, 1.807) is 0 Å². The number of amides is 1. The van der Waals surface area contributed by atoms with Crippen LogP contribution in [0.5, 0.6) is 11.5 Å². The van der Waals surface area contributed by atoms with Gasteiger partial charge in [-0.1, -0.05) is 6.07 Å². The summed E-state index contributed by atoms with van der Waals surface area (Å²) in [7, 11) is 0. The number of carbonyl (C=O) groups is 1. The van der Waals surface area contributed by atoms with Crippen molar-refractivity contribution < 1.29 is 27.8 Å². The normalized spacial score (nSPS) is 10.7. The zero-order valence-electron chi connectivity index (χ0n) is 12.4. The standard InChI is InChI=1S/C15H12F3N3O3S/c16-15(17,18)24-12-6-4-10(5-7-12)19-14(25)21-20-13(23)9-2-1-3-11(22)8-9/h1-8,22H,(H,20,23)(H2,19,21,25). The third kappa shape index (κ3) is 6.18. The molecule has 0 aliphatic heterocycles. The molecule has 0 heterocycles. The van der Waals surface area contributed by atoms with Crippen molar-refractivity contribution in [2.24, 2.45) is 0 Å². The molecule has 0 radical (unpaired) electrons. The molecule has 0 atom stereocenters. The maximum Gasteiger partial charge on any atom is 0.573 e. The second-order valence-corrected chi connectivity index (χ2v) is 5.06. The first-order valence-corrected chi connectivity index (χ1v) is 7.16. The Morgan fingerprint density at radius 3 is 2.36 bits per heavy atom. The van der Waals surface area contributed by atoms with Gasteiger partial charge in [-0.15, -0.1) is 13.2 Å². The van der Waals surface area contributed by atoms with Crippen LogP contribution in [0.25, 0.3) is 0 Å². The van der Waals surface area contributed by atoms with Crippen LogP contribution in [0.15, 0.2) is 48.5 Å². The quantitative estimate of drug-likeness (QED) is 0.491. The van der Waals surface area contributed by atoms with E-state index in [0.717, 1.165) is 12.1 Å². The minimum Gasteiger partial charge on any atom is -0.508 e. The first-order valence-electron chi connectivity index (χ1n) is 6.75. The summed E-state index contributed by atoms with van der Waals surface area (Å²) >= 11 is 4.95. The smallest absolute Gasteiger partial charge is 0.508 e. The molecule has 0 aliphatic rings. The van der Waals surface area contributed by atoms with Gasteiger partial charge in [-0.3, -0.25) is 15.6 Å². The second kappa shape index (κ2) is 7.71. The summed E-state index contributed by atoms with van der Waals surface area (Å²) in [4.78, 5) is 11.8. The highest BCUT2D eigenvalue weighted by Gasteiger charge is 2.30. The predicted octanol–water partition coefficient (Wildman–Crippen LogP) is 2.92. The van der Waals surface area contributed by atoms with Gasteiger partial charge < -0.3 is 15.2 Å². The number of phenolic OH excluding ortho intramolecular Hbond substituents is 1. The molecule has 2 rings (SSSR count). The first kappa shape index (κ1) is 18.3. The van der Waals surface area contributed by atoms with Crippen molar-refractivity contribution in [3.05, 3.63) is 54.1 Å². The van der Waals surface area contributed by atoms with E-state index in [2.05, 4.69) is 20.9 Å². The number of alkyl halides is 3. The van der Waals surface area contributed by atoms with Crippen molar-refractivity contribution in [3.8, 4) is 11.5 Å². The Labute approximate surface area is 145 Å². The first-order chi connectivity index (χ1) is 11.7. The minimum atomic E-state index is -4.76. The van der Waals surface area contributed by atoms with Crippen LogP contribution in [0, 0.1) is 0 Å². The molecule has 0 fully saturated rings. The number of hydrogen-bond acceptors (Lipinski definition) is 4. The van der Waals surface area contributed by atoms with Gasteiger partial charge in [0.05, 0.1) is 0 Å². The Kier molecular flexibility index (Phi) is 5.65. The molecule has 1 amide bonds. The molecule has 0 aromatic heterocycles. The molecule has 0 saturated heterocycles. The molecule has 0 unspecified atom stereocenters. The number of nitrogens with one attached hydrogen (secondary N) is 3. The number of hydrogen-bond donors (Lipinski definition) is 4. The van der Waals surface area contributed by atoms with Crippen LogP contribution in [-0.4, -0.2) is 22.5 Å². The fourth-order valence-corrected chi connectivity index (χ4v) is 1.90. The molecule has 0 aliphatic carbocycles. The molecule has 0 bridgehead atoms. The lowest BCUT2D eigenvalue weighted by atomic mass is 10.2. The van der Waals surface area contributed by atoms with Gasteiger partial charge in [-0.2, -0.15) is 0 Å². The predicted molar refractivity (Wildman–Crippen MR) is 88.1 cm³/mol. The van der Waals surface area contributed by atoms with Crippen molar-refractivity contribution in [1.29, 1.82) is 0 Å². The van der Waals surface area contributed by atoms with Crippen LogP contribution in [0.2, 0.25) is 0 Å². The van der Waals surface area contributed by atoms with Crippen molar-refractivity contribution in [1.82, 2.24) is 10.9 Å². The van der Waals surface area contributed by atoms with Crippen molar-refractivity contribution in [2.45, 2.75) is 6.36 Å². The summed E-state index contributed by atoms with van der Waals surface area (Å²) in [5, 5.41) is 12.0. The zero-order chi connectivity index (χ0) is 18.4. The van der Waals surface area contributed by atoms with Crippen LogP contribution < -0.4 is 20.9 Å². The van der Waals surface area contributed by atoms with Gasteiger partial charge in [-0.05, 0) is 54.7 Å². The van der Waals surface area contributed by atoms with Gasteiger partial charge in [0.1, 0.15) is 11.5 Å². The number of thiocarbonyl (C=S) groups is 1. The van der Waals surface area contributed by atoms with E-state index in [1.165, 1.54) is 36.4 Å². The van der Waals surface area contributed by atoms with E-state index in [-0.39, 0.29) is 22.2 Å². The second-order valence-electron chi connectivity index (χ2n) is 4.66. The van der Waals surface area contributed by atoms with Gasteiger partial charge in [0.2, 0.25) is 0 Å². The molecule has 2 aromatic rings. The third-order valence-corrected chi connectivity index (χ3v) is 2.95. The number of ether oxygens (including phenoxy) is 1. The van der Waals surface area contributed by atoms with Crippen molar-refractivity contribution in [3.63, 3.8) is 0 Å². The average molecular weight is 371 g/mol. The fraction of sp³-hybridized carbons (Fsp3) is 0.0667. The van der Waals surface area contributed by atoms with Crippen LogP contribution in [0.1, 0.15) is 10.4 Å². The summed E-state index contributed by atoms with van der Waals surface area (Å²) in [6.07, 6.45) is -4.76. The largest absolute Gasteiger partial charge is 0.573 e. The SMILES string of the molecule is O=C(NNC(=S)Nc1ccc(OC(F)(F)F)cc1)c1cccc(O)c1. The number of rotatable bonds is 3. The highest BCUT2D eigenvalue weighted by atomic mass is 32.1. The lowest BCUT2D eigenvalue weighted by molar-refractivity contribution is -0.274. The molecular formula is C15H12F3N3O3S. The lowest BCUT2D eigenvalue weighted by Gasteiger charge is -2.13. The molecule has 25 heavy (non-hydrogen) atoms. The van der Waals surface area contributed by atoms with Gasteiger partial charge in [-0.25, -0.2) is 0 Å². The molecule has 6 nitrogen and oxygen atoms in total. The summed E-state index contributed by atoms with van der Waals surface area (Å²) in [5.41, 5.74) is 5.34. The van der Waals surface area contributed by atoms with Gasteiger partial charge >= 0.3 is 6.36 Å². The zero-order valence-corrected chi connectivity index (χ0v) is 13.2. The van der Waals surface area contributed by atoms with Crippen LogP contribution in [0.3, 0.4) is 0 Å². The molecule has 4 N–H and O–H groups in total. The lowest BCUT2D eigenvalue weighted by Crippen LogP contribution is -2.43. The fourth-order valence-electron chi connectivity index (χ4n) is 1.74. The summed E-state index contributed by atoms with van der Waals surface area (Å²) in [6, 6.07) is 10.6. The third-order valence-electron chi connectivity index (χ3n) is 2.74. The van der Waals surface area contributed by atoms with E-state index < -0.39 is 12.3 Å². The van der Waals surface area contributed by atoms with Gasteiger partial charge in [0, 0.05) is 11.3 Å². The van der Waals surface area contributed by atoms with E-state index in [1.807, 2.05) is 0 Å². The Morgan fingerprint density at radius 1 is 1.08 bits per heavy atom. The molecule has 0 saturated carbocycles. The van der Waals surface area contributed by atoms with E-state index in [0.29, 0.717) is 5.69 Å². The van der Waals surface area contributed by atoms with Crippen LogP contribution >= 0.6 is 12.2 Å². The maximum absolute atomic E-state index is 12.1. The monoisotopic (exact) mass is 371 g/mol. The molecule has 132 valence electrons. The number of benzene rings is 2. The molecular weight excluding hydrogens is 359 g/mol. The highest BCUT2D eigenvalue weighted by Crippen LogP contribution is 2.23. The molecule has 10 heteroatoms. The topological polar surface area (TPSA) is 82.6 Å². The van der Waals surface area contributed by atoms with E-state index in [9.17, 15) is 23.1 Å². The molecule has 0 spiro atoms. The number of aromatic hydroxyl groups is 1. The van der Waals surface area contributed by atoms with Crippen molar-refractivity contribution >= 4 is 28.9 Å². The molecule has 2 aromatic carbocycles. The number of carbonyl (C=O) groups excluding carboxylic acids is 1. The van der Waals surface area contributed by atoms with Crippen molar-refractivity contribution in [2.75, 3.05) is 5.32 Å². The van der Waals surface area contributed by atoms with Crippen LogP contribution in [0.4, 0.5) is 18.9 Å². The highest BCUT2D eigenvalue weighted by molar-refractivity contribution is 7.80. The Bertz CT molecular complexity index is 767. The Morgan fingerprint density at radius 2 is 1.76 bits per heavy atom. The van der Waals surface area contributed by atoms with E-state index in [4.69, 9.17) is 12.2 Å². The Hall–Kier alpha value is -3.01. The van der Waals surface area contributed by atoms with E-state index >= 15 is 0 Å². The minimum absolute atomic E-state index is 0.0120. The Balaban J connectivity index is 1.85. The number of anilines is 1. The summed E-state index contributed by atoms with van der Waals surface area (Å²) < 4.78 is 40.0. The van der Waals surface area contributed by atoms with Gasteiger partial charge in [0.15, 0.2) is 5.11 Å². The average Bonchev–Trinajstić information content (AvgIpc) is 2.53.